The van der Waals surface area contributed by atoms with Crippen molar-refractivity contribution in [1.82, 2.24) is 0 Å². The molecule has 9 heteroatoms. The third-order valence-corrected chi connectivity index (χ3v) is 4.98. The third-order valence-electron chi connectivity index (χ3n) is 2.55. The minimum atomic E-state index is -4.58. The average molecular weight is 346 g/mol. The molecule has 1 aromatic carbocycles. The first kappa shape index (κ1) is 18.5. The van der Waals surface area contributed by atoms with E-state index in [4.69, 9.17) is 26.4 Å². The molecule has 2 N–H and O–H groups in total. The molecule has 0 saturated carbocycles. The van der Waals surface area contributed by atoms with Crippen LogP contribution in [-0.2, 0) is 19.8 Å². The van der Waals surface area contributed by atoms with Gasteiger partial charge < -0.3 is 14.8 Å². The summed E-state index contributed by atoms with van der Waals surface area (Å²) in [6.45, 7) is 3.27. The second-order valence-electron chi connectivity index (χ2n) is 4.09. The molecule has 0 aliphatic rings. The summed E-state index contributed by atoms with van der Waals surface area (Å²) in [4.78, 5) is 0. The van der Waals surface area contributed by atoms with Crippen molar-refractivity contribution in [3.63, 3.8) is 0 Å². The Morgan fingerprint density at radius 2 is 1.76 bits per heavy atom. The molecule has 4 nitrogen and oxygen atoms in total. The molecule has 0 bridgehead atoms. The van der Waals surface area contributed by atoms with Crippen molar-refractivity contribution in [2.75, 3.05) is 13.2 Å². The van der Waals surface area contributed by atoms with Gasteiger partial charge in [0.15, 0.2) is 0 Å². The number of hydrogen-bond donors (Lipinski definition) is 1. The number of benzene rings is 1. The van der Waals surface area contributed by atoms with Crippen LogP contribution in [0.1, 0.15) is 30.8 Å². The van der Waals surface area contributed by atoms with E-state index in [2.05, 4.69) is 0 Å². The van der Waals surface area contributed by atoms with E-state index in [1.165, 1.54) is 6.07 Å². The summed E-state index contributed by atoms with van der Waals surface area (Å²) >= 11 is 5.68. The summed E-state index contributed by atoms with van der Waals surface area (Å²) in [6.07, 6.45) is -4.58. The normalized spacial score (nSPS) is 14.2. The van der Waals surface area contributed by atoms with Crippen molar-refractivity contribution < 1.29 is 26.8 Å². The summed E-state index contributed by atoms with van der Waals surface area (Å²) < 4.78 is 60.9. The van der Waals surface area contributed by atoms with Crippen molar-refractivity contribution >= 4 is 19.2 Å². The molecule has 0 radical (unpaired) electrons. The molecule has 0 aliphatic heterocycles. The fourth-order valence-electron chi connectivity index (χ4n) is 1.69. The smallest absolute Gasteiger partial charge is 0.314 e. The van der Waals surface area contributed by atoms with Gasteiger partial charge in [-0.05, 0) is 37.6 Å². The molecule has 0 aliphatic carbocycles. The molecule has 0 saturated heterocycles. The lowest BCUT2D eigenvalue weighted by molar-refractivity contribution is -0.137. The van der Waals surface area contributed by atoms with Crippen LogP contribution in [0.25, 0.3) is 0 Å². The lowest BCUT2D eigenvalue weighted by atomic mass is 10.1. The highest BCUT2D eigenvalue weighted by Gasteiger charge is 2.37. The Morgan fingerprint density at radius 1 is 1.24 bits per heavy atom. The molecular weight excluding hydrogens is 330 g/mol. The van der Waals surface area contributed by atoms with Crippen LogP contribution in [0, 0.1) is 0 Å². The Balaban J connectivity index is 3.25. The van der Waals surface area contributed by atoms with Crippen LogP contribution in [-0.4, -0.2) is 13.2 Å². The largest absolute Gasteiger partial charge is 0.416 e. The summed E-state index contributed by atoms with van der Waals surface area (Å²) in [7, 11) is -3.77. The lowest BCUT2D eigenvalue weighted by Crippen LogP contribution is -2.16. The quantitative estimate of drug-likeness (QED) is 0.766. The van der Waals surface area contributed by atoms with Crippen LogP contribution in [0.4, 0.5) is 13.2 Å². The maximum absolute atomic E-state index is 12.8. The highest BCUT2D eigenvalue weighted by atomic mass is 35.5. The van der Waals surface area contributed by atoms with Gasteiger partial charge in [-0.1, -0.05) is 11.6 Å². The van der Waals surface area contributed by atoms with Gasteiger partial charge in [-0.2, -0.15) is 13.2 Å². The van der Waals surface area contributed by atoms with Gasteiger partial charge in [-0.3, -0.25) is 4.57 Å². The van der Waals surface area contributed by atoms with Gasteiger partial charge in [-0.25, -0.2) is 0 Å². The minimum Gasteiger partial charge on any atom is -0.314 e. The molecule has 0 spiro atoms. The summed E-state index contributed by atoms with van der Waals surface area (Å²) in [5.74, 6) is -1.35. The van der Waals surface area contributed by atoms with E-state index in [-0.39, 0.29) is 23.8 Å². The summed E-state index contributed by atoms with van der Waals surface area (Å²) in [5.41, 5.74) is 4.76. The monoisotopic (exact) mass is 345 g/mol. The first-order valence-electron chi connectivity index (χ1n) is 6.16. The molecule has 21 heavy (non-hydrogen) atoms. The van der Waals surface area contributed by atoms with E-state index < -0.39 is 25.1 Å². The molecule has 0 amide bonds. The van der Waals surface area contributed by atoms with E-state index >= 15 is 0 Å². The molecule has 0 fully saturated rings. The molecule has 1 atom stereocenters. The van der Waals surface area contributed by atoms with Gasteiger partial charge in [0, 0.05) is 5.02 Å². The molecule has 1 aromatic rings. The standard InChI is InChI=1S/C12H16ClF3NO3P/c1-3-19-21(18,20-4-2)11(17)8-5-9(12(14,15)16)7-10(13)6-8/h5-7,11H,3-4,17H2,1-2H3/t11-/m1/s1. The number of rotatable bonds is 6. The predicted molar refractivity (Wildman–Crippen MR) is 74.2 cm³/mol. The molecule has 120 valence electrons. The fraction of sp³-hybridized carbons (Fsp3) is 0.500. The van der Waals surface area contributed by atoms with Crippen molar-refractivity contribution in [2.24, 2.45) is 5.73 Å². The zero-order valence-corrected chi connectivity index (χ0v) is 13.1. The predicted octanol–water partition coefficient (Wildman–Crippen LogP) is 4.58. The number of nitrogens with two attached hydrogens (primary N) is 1. The topological polar surface area (TPSA) is 61.5 Å². The number of alkyl halides is 3. The number of hydrogen-bond acceptors (Lipinski definition) is 4. The first-order valence-corrected chi connectivity index (χ1v) is 8.15. The SMILES string of the molecule is CCOP(=O)(OCC)[C@@H](N)c1cc(Cl)cc(C(F)(F)F)c1. The minimum absolute atomic E-state index is 0.0532. The van der Waals surface area contributed by atoms with Crippen molar-refractivity contribution in [3.8, 4) is 0 Å². The van der Waals surface area contributed by atoms with Gasteiger partial charge in [0.2, 0.25) is 0 Å². The Bertz CT molecular complexity index is 529. The zero-order chi connectivity index (χ0) is 16.3. The van der Waals surface area contributed by atoms with E-state index in [1.54, 1.807) is 13.8 Å². The summed E-state index contributed by atoms with van der Waals surface area (Å²) in [6, 6.07) is 2.78. The second kappa shape index (κ2) is 7.11. The highest BCUT2D eigenvalue weighted by molar-refractivity contribution is 7.54. The Morgan fingerprint density at radius 3 is 2.19 bits per heavy atom. The van der Waals surface area contributed by atoms with Crippen LogP contribution < -0.4 is 5.73 Å². The molecular formula is C12H16ClF3NO3P. The van der Waals surface area contributed by atoms with Gasteiger partial charge in [0.1, 0.15) is 5.78 Å². The summed E-state index contributed by atoms with van der Waals surface area (Å²) in [5, 5.41) is -0.158. The van der Waals surface area contributed by atoms with Gasteiger partial charge >= 0.3 is 13.8 Å². The highest BCUT2D eigenvalue weighted by Crippen LogP contribution is 2.58. The average Bonchev–Trinajstić information content (AvgIpc) is 2.36. The van der Waals surface area contributed by atoms with E-state index in [0.717, 1.165) is 12.1 Å². The molecule has 0 aromatic heterocycles. The van der Waals surface area contributed by atoms with Crippen molar-refractivity contribution in [1.29, 1.82) is 0 Å². The van der Waals surface area contributed by atoms with Crippen molar-refractivity contribution in [3.05, 3.63) is 34.3 Å². The van der Waals surface area contributed by atoms with Crippen LogP contribution in [0.5, 0.6) is 0 Å². The van der Waals surface area contributed by atoms with Gasteiger partial charge in [0.05, 0.1) is 18.8 Å². The van der Waals surface area contributed by atoms with Crippen LogP contribution >= 0.6 is 19.2 Å². The lowest BCUT2D eigenvalue weighted by Gasteiger charge is -2.24. The Kier molecular flexibility index (Phi) is 6.25. The maximum Gasteiger partial charge on any atom is 0.416 e. The third kappa shape index (κ3) is 4.69. The van der Waals surface area contributed by atoms with Crippen LogP contribution in [0.3, 0.4) is 0 Å². The molecule has 0 unspecified atom stereocenters. The van der Waals surface area contributed by atoms with Crippen molar-refractivity contribution in [2.45, 2.75) is 25.8 Å². The van der Waals surface area contributed by atoms with Crippen LogP contribution in [0.2, 0.25) is 5.02 Å². The Hall–Kier alpha value is -0.590. The zero-order valence-electron chi connectivity index (χ0n) is 11.5. The maximum atomic E-state index is 12.8. The van der Waals surface area contributed by atoms with Crippen LogP contribution in [0.15, 0.2) is 18.2 Å². The molecule has 1 rings (SSSR count). The van der Waals surface area contributed by atoms with E-state index in [1.807, 2.05) is 0 Å². The van der Waals surface area contributed by atoms with E-state index in [9.17, 15) is 17.7 Å². The first-order chi connectivity index (χ1) is 9.64. The van der Waals surface area contributed by atoms with Gasteiger partial charge in [-0.15, -0.1) is 0 Å². The van der Waals surface area contributed by atoms with E-state index in [0.29, 0.717) is 0 Å². The Labute approximate surface area is 125 Å². The fourth-order valence-corrected chi connectivity index (χ4v) is 3.56. The van der Waals surface area contributed by atoms with Gasteiger partial charge in [0.25, 0.3) is 0 Å². The molecule has 0 heterocycles. The number of halogens is 4. The second-order valence-corrected chi connectivity index (χ2v) is 6.68.